The molecule has 0 aliphatic carbocycles. The Morgan fingerprint density at radius 3 is 2.62 bits per heavy atom. The molecule has 9 heteroatoms. The number of carbonyl (C=O) groups excluding carboxylic acids is 2. The lowest BCUT2D eigenvalue weighted by Gasteiger charge is -2.16. The molecule has 0 fully saturated rings. The minimum absolute atomic E-state index is 0.112. The lowest BCUT2D eigenvalue weighted by Crippen LogP contribution is -2.09. The summed E-state index contributed by atoms with van der Waals surface area (Å²) in [6, 6.07) is 10.3. The number of esters is 1. The van der Waals surface area contributed by atoms with Gasteiger partial charge in [-0.25, -0.2) is 4.79 Å². The molecule has 148 valence electrons. The van der Waals surface area contributed by atoms with Crippen LogP contribution in [-0.2, 0) is 9.53 Å². The van der Waals surface area contributed by atoms with Crippen molar-refractivity contribution in [3.63, 3.8) is 0 Å². The van der Waals surface area contributed by atoms with Crippen LogP contribution in [0.4, 0.5) is 5.69 Å². The Hall–Kier alpha value is -3.88. The highest BCUT2D eigenvalue weighted by atomic mass is 16.6. The fourth-order valence-corrected chi connectivity index (χ4v) is 3.46. The highest BCUT2D eigenvalue weighted by molar-refractivity contribution is 5.99. The van der Waals surface area contributed by atoms with E-state index >= 15 is 0 Å². The maximum atomic E-state index is 12.6. The third-order valence-electron chi connectivity index (χ3n) is 4.65. The van der Waals surface area contributed by atoms with Crippen LogP contribution in [0.15, 0.2) is 46.6 Å². The molecule has 2 aromatic carbocycles. The molecule has 3 aromatic rings. The van der Waals surface area contributed by atoms with Gasteiger partial charge in [-0.05, 0) is 18.2 Å². The minimum Gasteiger partial charge on any atom is -0.493 e. The topological polar surface area (TPSA) is 112 Å². The van der Waals surface area contributed by atoms with E-state index in [1.807, 2.05) is 0 Å². The lowest BCUT2D eigenvalue weighted by molar-refractivity contribution is -0.116. The van der Waals surface area contributed by atoms with Gasteiger partial charge >= 0.3 is 5.97 Å². The van der Waals surface area contributed by atoms with Gasteiger partial charge in [-0.1, -0.05) is 18.2 Å². The molecule has 29 heavy (non-hydrogen) atoms. The predicted molar refractivity (Wildman–Crippen MR) is 102 cm³/mol. The second kappa shape index (κ2) is 6.93. The molecule has 0 saturated carbocycles. The summed E-state index contributed by atoms with van der Waals surface area (Å²) >= 11 is 0. The summed E-state index contributed by atoms with van der Waals surface area (Å²) in [6.07, 6.45) is -0.955. The van der Waals surface area contributed by atoms with Crippen molar-refractivity contribution in [1.29, 1.82) is 0 Å². The number of para-hydroxylation sites is 1. The molecule has 1 amide bonds. The van der Waals surface area contributed by atoms with Gasteiger partial charge in [0.15, 0.2) is 17.2 Å². The summed E-state index contributed by atoms with van der Waals surface area (Å²) in [5, 5.41) is 18.8. The molecule has 0 saturated heterocycles. The number of methoxy groups -OCH3 is 2. The number of fused-ring (bicyclic) bond motifs is 2. The van der Waals surface area contributed by atoms with Gasteiger partial charge in [-0.15, -0.1) is 10.2 Å². The smallest absolute Gasteiger partial charge is 0.344 e. The Kier molecular flexibility index (Phi) is 4.42. The Balaban J connectivity index is 1.96. The average molecular weight is 395 g/mol. The van der Waals surface area contributed by atoms with Gasteiger partial charge < -0.3 is 19.3 Å². The Bertz CT molecular complexity index is 1180. The van der Waals surface area contributed by atoms with Gasteiger partial charge in [0, 0.05) is 17.9 Å². The van der Waals surface area contributed by atoms with Crippen LogP contribution in [0.3, 0.4) is 0 Å². The number of cyclic esters (lactones) is 1. The van der Waals surface area contributed by atoms with Crippen LogP contribution < -0.4 is 9.47 Å². The van der Waals surface area contributed by atoms with E-state index in [1.165, 1.54) is 25.7 Å². The predicted octanol–water partition coefficient (Wildman–Crippen LogP) is 3.71. The third kappa shape index (κ3) is 2.78. The minimum atomic E-state index is -0.955. The summed E-state index contributed by atoms with van der Waals surface area (Å²) in [4.78, 5) is 23.8. The van der Waals surface area contributed by atoms with E-state index in [0.29, 0.717) is 22.2 Å². The second-order valence-electron chi connectivity index (χ2n) is 6.30. The van der Waals surface area contributed by atoms with E-state index in [0.717, 1.165) is 0 Å². The van der Waals surface area contributed by atoms with Crippen LogP contribution >= 0.6 is 0 Å². The molecule has 1 atom stereocenters. The quantitative estimate of drug-likeness (QED) is 0.532. The van der Waals surface area contributed by atoms with Crippen molar-refractivity contribution in [1.82, 2.24) is 4.57 Å². The summed E-state index contributed by atoms with van der Waals surface area (Å²) in [6.45, 7) is 1.26. The number of aromatic nitrogens is 1. The largest absolute Gasteiger partial charge is 0.493 e. The van der Waals surface area contributed by atoms with E-state index in [2.05, 4.69) is 10.2 Å². The van der Waals surface area contributed by atoms with E-state index < -0.39 is 18.1 Å². The van der Waals surface area contributed by atoms with Crippen molar-refractivity contribution < 1.29 is 28.9 Å². The van der Waals surface area contributed by atoms with Crippen molar-refractivity contribution in [3.8, 4) is 17.4 Å². The molecule has 1 aliphatic heterocycles. The van der Waals surface area contributed by atoms with E-state index in [9.17, 15) is 14.7 Å². The molecule has 0 radical (unpaired) electrons. The van der Waals surface area contributed by atoms with Crippen LogP contribution in [0.5, 0.6) is 17.4 Å². The van der Waals surface area contributed by atoms with Crippen LogP contribution in [-0.4, -0.2) is 35.8 Å². The first-order valence-electron chi connectivity index (χ1n) is 8.68. The normalized spacial score (nSPS) is 15.6. The maximum Gasteiger partial charge on any atom is 0.344 e. The monoisotopic (exact) mass is 395 g/mol. The summed E-state index contributed by atoms with van der Waals surface area (Å²) in [5.41, 5.74) is 1.39. The van der Waals surface area contributed by atoms with Crippen molar-refractivity contribution >= 4 is 28.5 Å². The first-order valence-corrected chi connectivity index (χ1v) is 8.68. The van der Waals surface area contributed by atoms with E-state index in [1.54, 1.807) is 36.4 Å². The van der Waals surface area contributed by atoms with Crippen LogP contribution in [0.2, 0.25) is 0 Å². The van der Waals surface area contributed by atoms with Crippen molar-refractivity contribution in [2.75, 3.05) is 14.2 Å². The van der Waals surface area contributed by atoms with Gasteiger partial charge in [-0.3, -0.25) is 9.36 Å². The molecule has 1 aliphatic rings. The zero-order chi connectivity index (χ0) is 20.7. The van der Waals surface area contributed by atoms with Gasteiger partial charge in [0.05, 0.1) is 19.7 Å². The van der Waals surface area contributed by atoms with Gasteiger partial charge in [0.1, 0.15) is 5.56 Å². The number of ether oxygens (including phenoxy) is 3. The van der Waals surface area contributed by atoms with Gasteiger partial charge in [-0.2, -0.15) is 0 Å². The van der Waals surface area contributed by atoms with Crippen LogP contribution in [0.25, 0.3) is 10.9 Å². The number of carbonyl (C=O) groups is 2. The second-order valence-corrected chi connectivity index (χ2v) is 6.30. The zero-order valence-electron chi connectivity index (χ0n) is 15.9. The van der Waals surface area contributed by atoms with Crippen LogP contribution in [0.1, 0.15) is 29.1 Å². The summed E-state index contributed by atoms with van der Waals surface area (Å²) in [5.74, 6) is -0.747. The molecule has 1 N–H and O–H groups in total. The SMILES string of the molecule is COc1ccc2c(c1OC)C(=O)OC2n1c(O)c(N=NC(C)=O)c2ccccc21. The van der Waals surface area contributed by atoms with Gasteiger partial charge in [0.25, 0.3) is 5.91 Å². The number of nitrogens with zero attached hydrogens (tertiary/aromatic N) is 3. The number of rotatable bonds is 4. The highest BCUT2D eigenvalue weighted by Crippen LogP contribution is 2.48. The number of hydrogen-bond acceptors (Lipinski definition) is 7. The Morgan fingerprint density at radius 2 is 1.93 bits per heavy atom. The number of amides is 1. The summed E-state index contributed by atoms with van der Waals surface area (Å²) in [7, 11) is 2.90. The fraction of sp³-hybridized carbons (Fsp3) is 0.200. The molecular weight excluding hydrogens is 378 g/mol. The fourth-order valence-electron chi connectivity index (χ4n) is 3.46. The van der Waals surface area contributed by atoms with Crippen molar-refractivity contribution in [2.24, 2.45) is 10.2 Å². The molecule has 4 rings (SSSR count). The molecular formula is C20H17N3O6. The average Bonchev–Trinajstić information content (AvgIpc) is 3.19. The standard InChI is InChI=1S/C20H17N3O6/c1-10(24)21-22-16-11-6-4-5-7-13(11)23(18(16)25)19-12-8-9-14(27-2)17(28-3)15(12)20(26)29-19/h4-9,19,25H,1-3H3. The molecule has 1 aromatic heterocycles. The lowest BCUT2D eigenvalue weighted by atomic mass is 10.1. The number of aromatic hydroxyl groups is 1. The van der Waals surface area contributed by atoms with E-state index in [-0.39, 0.29) is 22.9 Å². The number of hydrogen-bond donors (Lipinski definition) is 1. The highest BCUT2D eigenvalue weighted by Gasteiger charge is 2.39. The van der Waals surface area contributed by atoms with Crippen molar-refractivity contribution in [2.45, 2.75) is 13.2 Å². The summed E-state index contributed by atoms with van der Waals surface area (Å²) < 4.78 is 17.6. The first-order chi connectivity index (χ1) is 14.0. The molecule has 9 nitrogen and oxygen atoms in total. The maximum absolute atomic E-state index is 12.6. The number of azo groups is 1. The molecule has 0 bridgehead atoms. The molecule has 2 heterocycles. The Morgan fingerprint density at radius 1 is 1.17 bits per heavy atom. The van der Waals surface area contributed by atoms with Gasteiger partial charge in [0.2, 0.25) is 12.1 Å². The van der Waals surface area contributed by atoms with Crippen LogP contribution in [0, 0.1) is 0 Å². The number of benzene rings is 2. The third-order valence-corrected chi connectivity index (χ3v) is 4.65. The first kappa shape index (κ1) is 18.5. The molecule has 0 spiro atoms. The Labute approximate surface area is 165 Å². The van der Waals surface area contributed by atoms with E-state index in [4.69, 9.17) is 14.2 Å². The van der Waals surface area contributed by atoms with Crippen molar-refractivity contribution in [3.05, 3.63) is 47.5 Å². The molecule has 1 unspecified atom stereocenters. The zero-order valence-corrected chi connectivity index (χ0v) is 15.9.